The summed E-state index contributed by atoms with van der Waals surface area (Å²) in [5, 5.41) is 5.38. The summed E-state index contributed by atoms with van der Waals surface area (Å²) >= 11 is 1.48. The molecule has 1 aliphatic rings. The number of aryl methyl sites for hydroxylation is 1. The number of rotatable bonds is 8. The van der Waals surface area contributed by atoms with Gasteiger partial charge in [0, 0.05) is 10.9 Å². The zero-order valence-corrected chi connectivity index (χ0v) is 17.7. The summed E-state index contributed by atoms with van der Waals surface area (Å²) in [5.74, 6) is -1.02. The molecule has 0 atom stereocenters. The van der Waals surface area contributed by atoms with Crippen molar-refractivity contribution in [1.82, 2.24) is 15.2 Å². The molecule has 0 radical (unpaired) electrons. The van der Waals surface area contributed by atoms with Crippen LogP contribution in [0.5, 0.6) is 0 Å². The number of esters is 1. The van der Waals surface area contributed by atoms with Gasteiger partial charge in [-0.3, -0.25) is 14.5 Å². The Morgan fingerprint density at radius 2 is 1.86 bits per heavy atom. The highest BCUT2D eigenvalue weighted by Gasteiger charge is 2.49. The Balaban J connectivity index is 1.57. The fourth-order valence-electron chi connectivity index (χ4n) is 3.27. The van der Waals surface area contributed by atoms with Crippen LogP contribution in [0.4, 0.5) is 4.79 Å². The van der Waals surface area contributed by atoms with E-state index in [1.54, 1.807) is 0 Å². The molecule has 0 unspecified atom stereocenters. The Morgan fingerprint density at radius 1 is 1.17 bits per heavy atom. The number of hydrogen-bond acceptors (Lipinski definition) is 6. The molecule has 3 amide bonds. The van der Waals surface area contributed by atoms with E-state index in [1.807, 2.05) is 31.4 Å². The molecular formula is C21H25N3O4S. The number of urea groups is 1. The monoisotopic (exact) mass is 415 g/mol. The van der Waals surface area contributed by atoms with Crippen LogP contribution in [0.3, 0.4) is 0 Å². The van der Waals surface area contributed by atoms with Crippen LogP contribution < -0.4 is 5.32 Å². The van der Waals surface area contributed by atoms with Crippen LogP contribution in [0.2, 0.25) is 0 Å². The van der Waals surface area contributed by atoms with E-state index in [4.69, 9.17) is 4.74 Å². The molecule has 1 saturated heterocycles. The lowest BCUT2D eigenvalue weighted by atomic mass is 9.93. The number of carbonyl (C=O) groups excluding carboxylic acids is 3. The Bertz CT molecular complexity index is 903. The molecule has 1 fully saturated rings. The number of aromatic nitrogens is 1. The average molecular weight is 416 g/mol. The number of nitrogens with zero attached hydrogens (tertiary/aromatic N) is 2. The first-order valence-corrected chi connectivity index (χ1v) is 10.6. The van der Waals surface area contributed by atoms with Gasteiger partial charge in [0.15, 0.2) is 0 Å². The maximum atomic E-state index is 12.5. The minimum atomic E-state index is -0.922. The zero-order chi connectivity index (χ0) is 21.0. The van der Waals surface area contributed by atoms with Gasteiger partial charge in [0.05, 0.1) is 5.69 Å². The van der Waals surface area contributed by atoms with E-state index in [0.717, 1.165) is 21.9 Å². The van der Waals surface area contributed by atoms with Crippen molar-refractivity contribution in [2.24, 2.45) is 0 Å². The molecule has 0 bridgehead atoms. The maximum Gasteiger partial charge on any atom is 0.326 e. The van der Waals surface area contributed by atoms with Gasteiger partial charge in [0.25, 0.3) is 5.91 Å². The van der Waals surface area contributed by atoms with Gasteiger partial charge in [-0.1, -0.05) is 45.0 Å². The number of carbonyl (C=O) groups is 3. The van der Waals surface area contributed by atoms with E-state index in [1.165, 1.54) is 16.9 Å². The topological polar surface area (TPSA) is 88.6 Å². The molecule has 0 spiro atoms. The molecular weight excluding hydrogens is 390 g/mol. The lowest BCUT2D eigenvalue weighted by molar-refractivity contribution is -0.149. The predicted octanol–water partition coefficient (Wildman–Crippen LogP) is 3.53. The normalized spacial score (nSPS) is 15.5. The highest BCUT2D eigenvalue weighted by molar-refractivity contribution is 7.13. The summed E-state index contributed by atoms with van der Waals surface area (Å²) < 4.78 is 5.24. The summed E-state index contributed by atoms with van der Waals surface area (Å²) in [6.07, 6.45) is 1.93. The van der Waals surface area contributed by atoms with Crippen molar-refractivity contribution in [2.75, 3.05) is 6.54 Å². The molecule has 0 saturated carbocycles. The lowest BCUT2D eigenvalue weighted by Crippen LogP contribution is -2.46. The van der Waals surface area contributed by atoms with Crippen LogP contribution >= 0.6 is 11.3 Å². The second-order valence-corrected chi connectivity index (χ2v) is 7.82. The fourth-order valence-corrected chi connectivity index (χ4v) is 4.08. The fraction of sp³-hybridized carbons (Fsp3) is 0.429. The van der Waals surface area contributed by atoms with E-state index in [-0.39, 0.29) is 12.5 Å². The molecule has 154 valence electrons. The Hall–Kier alpha value is -2.74. The largest absolute Gasteiger partial charge is 0.458 e. The first-order chi connectivity index (χ1) is 13.9. The van der Waals surface area contributed by atoms with Crippen molar-refractivity contribution in [2.45, 2.75) is 52.2 Å². The quantitative estimate of drug-likeness (QED) is 0.526. The third kappa shape index (κ3) is 4.32. The summed E-state index contributed by atoms with van der Waals surface area (Å²) in [6.45, 7) is 5.37. The van der Waals surface area contributed by atoms with E-state index >= 15 is 0 Å². The minimum Gasteiger partial charge on any atom is -0.458 e. The smallest absolute Gasteiger partial charge is 0.326 e. The van der Waals surface area contributed by atoms with Crippen molar-refractivity contribution >= 4 is 29.2 Å². The molecule has 2 heterocycles. The molecule has 7 nitrogen and oxygen atoms in total. The number of amides is 3. The van der Waals surface area contributed by atoms with Gasteiger partial charge < -0.3 is 10.1 Å². The van der Waals surface area contributed by atoms with Crippen LogP contribution in [-0.2, 0) is 27.4 Å². The van der Waals surface area contributed by atoms with Crippen molar-refractivity contribution in [3.8, 4) is 10.6 Å². The first-order valence-electron chi connectivity index (χ1n) is 9.75. The van der Waals surface area contributed by atoms with Gasteiger partial charge in [-0.25, -0.2) is 9.78 Å². The van der Waals surface area contributed by atoms with Crippen molar-refractivity contribution in [3.05, 3.63) is 40.9 Å². The molecule has 1 aliphatic heterocycles. The second-order valence-electron chi connectivity index (χ2n) is 6.97. The zero-order valence-electron chi connectivity index (χ0n) is 16.9. The Kier molecular flexibility index (Phi) is 6.32. The van der Waals surface area contributed by atoms with Crippen LogP contribution in [0.25, 0.3) is 10.6 Å². The van der Waals surface area contributed by atoms with Gasteiger partial charge in [-0.05, 0) is 24.8 Å². The van der Waals surface area contributed by atoms with Crippen molar-refractivity contribution < 1.29 is 19.1 Å². The van der Waals surface area contributed by atoms with Crippen LogP contribution in [0.15, 0.2) is 29.6 Å². The van der Waals surface area contributed by atoms with Gasteiger partial charge in [0.1, 0.15) is 23.7 Å². The number of benzene rings is 1. The van der Waals surface area contributed by atoms with E-state index in [9.17, 15) is 14.4 Å². The summed E-state index contributed by atoms with van der Waals surface area (Å²) in [4.78, 5) is 42.3. The SMILES string of the molecule is CCc1ccc(-c2nc(COC(=O)CN3C(=O)NC(CC)(CC)C3=O)cs2)cc1. The van der Waals surface area contributed by atoms with Crippen LogP contribution in [0, 0.1) is 0 Å². The van der Waals surface area contributed by atoms with Gasteiger partial charge in [-0.15, -0.1) is 11.3 Å². The minimum absolute atomic E-state index is 0.00127. The van der Waals surface area contributed by atoms with Crippen LogP contribution in [-0.4, -0.2) is 39.9 Å². The lowest BCUT2D eigenvalue weighted by Gasteiger charge is -2.22. The van der Waals surface area contributed by atoms with E-state index in [2.05, 4.69) is 29.4 Å². The molecule has 29 heavy (non-hydrogen) atoms. The highest BCUT2D eigenvalue weighted by atomic mass is 32.1. The second kappa shape index (κ2) is 8.73. The molecule has 0 aliphatic carbocycles. The molecule has 8 heteroatoms. The number of hydrogen-bond donors (Lipinski definition) is 1. The molecule has 1 aromatic carbocycles. The number of thiazole rings is 1. The highest BCUT2D eigenvalue weighted by Crippen LogP contribution is 2.26. The van der Waals surface area contributed by atoms with Crippen molar-refractivity contribution in [1.29, 1.82) is 0 Å². The summed E-state index contributed by atoms with van der Waals surface area (Å²) in [5.41, 5.74) is 1.98. The third-order valence-corrected chi connectivity index (χ3v) is 6.22. The molecule has 2 aromatic rings. The van der Waals surface area contributed by atoms with Gasteiger partial charge >= 0.3 is 12.0 Å². The van der Waals surface area contributed by atoms with E-state index < -0.39 is 24.1 Å². The number of ether oxygens (including phenoxy) is 1. The Morgan fingerprint density at radius 3 is 2.45 bits per heavy atom. The summed E-state index contributed by atoms with van der Waals surface area (Å²) in [7, 11) is 0. The molecule has 1 N–H and O–H groups in total. The van der Waals surface area contributed by atoms with Gasteiger partial charge in [-0.2, -0.15) is 0 Å². The average Bonchev–Trinajstić information content (AvgIpc) is 3.31. The predicted molar refractivity (Wildman–Crippen MR) is 110 cm³/mol. The standard InChI is InChI=1S/C21H25N3O4S/c1-4-14-7-9-15(10-8-14)18-22-16(13-29-18)12-28-17(25)11-24-19(26)21(5-2,6-3)23-20(24)27/h7-10,13H,4-6,11-12H2,1-3H3,(H,23,27). The number of imide groups is 1. The van der Waals surface area contributed by atoms with Crippen LogP contribution in [0.1, 0.15) is 44.9 Å². The first kappa shape index (κ1) is 21.0. The molecule has 1 aromatic heterocycles. The third-order valence-electron chi connectivity index (χ3n) is 5.28. The Labute approximate surface area is 174 Å². The van der Waals surface area contributed by atoms with Gasteiger partial charge in [0.2, 0.25) is 0 Å². The maximum absolute atomic E-state index is 12.5. The molecule has 3 rings (SSSR count). The van der Waals surface area contributed by atoms with E-state index in [0.29, 0.717) is 18.5 Å². The van der Waals surface area contributed by atoms with Crippen molar-refractivity contribution in [3.63, 3.8) is 0 Å². The summed E-state index contributed by atoms with van der Waals surface area (Å²) in [6, 6.07) is 7.64. The number of nitrogens with one attached hydrogen (secondary N) is 1.